The van der Waals surface area contributed by atoms with Crippen molar-refractivity contribution in [2.45, 2.75) is 26.6 Å². The van der Waals surface area contributed by atoms with Crippen molar-refractivity contribution >= 4 is 26.4 Å². The van der Waals surface area contributed by atoms with Gasteiger partial charge in [-0.15, -0.1) is 0 Å². The minimum absolute atomic E-state index is 0.511. The summed E-state index contributed by atoms with van der Waals surface area (Å²) in [5.74, 6) is 0. The molecule has 4 heteroatoms. The van der Waals surface area contributed by atoms with Crippen LogP contribution in [0.5, 0.6) is 0 Å². The Labute approximate surface area is 70.4 Å². The Morgan fingerprint density at radius 1 is 1.40 bits per heavy atom. The van der Waals surface area contributed by atoms with Gasteiger partial charge in [0.2, 0.25) is 0 Å². The van der Waals surface area contributed by atoms with Crippen molar-refractivity contribution in [3.63, 3.8) is 0 Å². The molecular weight excluding hydrogens is 181 g/mol. The molecule has 0 aliphatic heterocycles. The first-order chi connectivity index (χ1) is 4.45. The fourth-order valence-corrected chi connectivity index (χ4v) is 3.38. The minimum Gasteiger partial charge on any atom is -0.0955 e. The molecule has 0 aromatic carbocycles. The average Bonchev–Trinajstić information content (AvgIpc) is 1.81. The van der Waals surface area contributed by atoms with Gasteiger partial charge in [-0.1, -0.05) is 24.4 Å². The van der Waals surface area contributed by atoms with Crippen molar-refractivity contribution in [3.05, 3.63) is 0 Å². The number of rotatable bonds is 3. The Balaban J connectivity index is 3.73. The van der Waals surface area contributed by atoms with E-state index in [4.69, 9.17) is 11.2 Å². The Morgan fingerprint density at radius 3 is 2.20 bits per heavy atom. The van der Waals surface area contributed by atoms with Crippen LogP contribution in [0.25, 0.3) is 0 Å². The lowest BCUT2D eigenvalue weighted by molar-refractivity contribution is 1.31. The molecule has 0 spiro atoms. The van der Waals surface area contributed by atoms with E-state index >= 15 is 0 Å². The SMILES string of the molecule is CC/[P+](Cl)=N/C[Si](C)(C)C. The maximum absolute atomic E-state index is 5.89. The molecule has 0 bridgehead atoms. The molecule has 0 radical (unpaired) electrons. The Hall–Kier alpha value is 0.607. The zero-order chi connectivity index (χ0) is 8.20. The summed E-state index contributed by atoms with van der Waals surface area (Å²) in [5, 5.41) is 0. The highest BCUT2D eigenvalue weighted by atomic mass is 35.7. The van der Waals surface area contributed by atoms with Crippen LogP contribution in [0, 0.1) is 0 Å². The summed E-state index contributed by atoms with van der Waals surface area (Å²) in [6.45, 7) is 9.02. The van der Waals surface area contributed by atoms with Gasteiger partial charge in [-0.25, -0.2) is 0 Å². The first-order valence-corrected chi connectivity index (χ1v) is 9.65. The van der Waals surface area contributed by atoms with E-state index in [1.165, 1.54) is 0 Å². The van der Waals surface area contributed by atoms with Crippen molar-refractivity contribution in [2.75, 3.05) is 12.3 Å². The smallest absolute Gasteiger partial charge is 0.0955 e. The maximum atomic E-state index is 5.89. The average molecular weight is 197 g/mol. The van der Waals surface area contributed by atoms with E-state index < -0.39 is 15.1 Å². The van der Waals surface area contributed by atoms with Crippen molar-refractivity contribution in [2.24, 2.45) is 4.74 Å². The van der Waals surface area contributed by atoms with Crippen LogP contribution < -0.4 is 0 Å². The van der Waals surface area contributed by atoms with E-state index in [1.54, 1.807) is 0 Å². The fraction of sp³-hybridized carbons (Fsp3) is 1.00. The summed E-state index contributed by atoms with van der Waals surface area (Å²) < 4.78 is 4.41. The predicted molar refractivity (Wildman–Crippen MR) is 54.0 cm³/mol. The number of hydrogen-bond donors (Lipinski definition) is 0. The fourth-order valence-electron chi connectivity index (χ4n) is 0.389. The predicted octanol–water partition coefficient (Wildman–Crippen LogP) is 3.70. The lowest BCUT2D eigenvalue weighted by Crippen LogP contribution is -2.24. The summed E-state index contributed by atoms with van der Waals surface area (Å²) in [7, 11) is -1.48. The Morgan fingerprint density at radius 2 is 1.90 bits per heavy atom. The van der Waals surface area contributed by atoms with E-state index in [0.29, 0.717) is 0 Å². The van der Waals surface area contributed by atoms with Crippen molar-refractivity contribution in [3.8, 4) is 0 Å². The zero-order valence-corrected chi connectivity index (χ0v) is 9.84. The lowest BCUT2D eigenvalue weighted by atomic mass is 11.0. The molecule has 10 heavy (non-hydrogen) atoms. The molecule has 1 unspecified atom stereocenters. The highest BCUT2D eigenvalue weighted by molar-refractivity contribution is 7.75. The third kappa shape index (κ3) is 6.72. The first kappa shape index (κ1) is 10.6. The molecule has 0 aliphatic carbocycles. The van der Waals surface area contributed by atoms with Crippen molar-refractivity contribution in [1.29, 1.82) is 0 Å². The highest BCUT2D eigenvalue weighted by Gasteiger charge is 2.15. The molecule has 0 aliphatic rings. The van der Waals surface area contributed by atoms with Gasteiger partial charge in [0.25, 0.3) is 0 Å². The third-order valence-electron chi connectivity index (χ3n) is 0.959. The molecule has 0 saturated carbocycles. The molecule has 1 nitrogen and oxygen atoms in total. The van der Waals surface area contributed by atoms with Gasteiger partial charge in [0.15, 0.2) is 11.2 Å². The molecule has 0 saturated heterocycles. The van der Waals surface area contributed by atoms with Gasteiger partial charge in [-0.3, -0.25) is 0 Å². The van der Waals surface area contributed by atoms with Crippen LogP contribution in [0.1, 0.15) is 6.92 Å². The summed E-state index contributed by atoms with van der Waals surface area (Å²) in [6, 6.07) is 0. The van der Waals surface area contributed by atoms with Crippen LogP contribution in [0.3, 0.4) is 0 Å². The van der Waals surface area contributed by atoms with Crippen LogP contribution >= 0.6 is 18.3 Å². The summed E-state index contributed by atoms with van der Waals surface area (Å²) in [5.41, 5.74) is 0. The Bertz CT molecular complexity index is 130. The first-order valence-electron chi connectivity index (χ1n) is 3.56. The summed E-state index contributed by atoms with van der Waals surface area (Å²) >= 11 is 5.89. The minimum atomic E-state index is -0.971. The van der Waals surface area contributed by atoms with Gasteiger partial charge in [0.1, 0.15) is 6.16 Å². The molecule has 0 N–H and O–H groups in total. The van der Waals surface area contributed by atoms with Gasteiger partial charge in [0, 0.05) is 0 Å². The molecular formula is C6H16ClNPSi+. The molecule has 0 rings (SSSR count). The van der Waals surface area contributed by atoms with Gasteiger partial charge < -0.3 is 0 Å². The van der Waals surface area contributed by atoms with Gasteiger partial charge in [-0.2, -0.15) is 0 Å². The number of halogens is 1. The molecule has 60 valence electrons. The molecule has 0 aromatic heterocycles. The van der Waals surface area contributed by atoms with E-state index in [2.05, 4.69) is 31.3 Å². The third-order valence-corrected chi connectivity index (χ3v) is 4.34. The van der Waals surface area contributed by atoms with Crippen LogP contribution in [0.2, 0.25) is 19.6 Å². The van der Waals surface area contributed by atoms with E-state index in [9.17, 15) is 0 Å². The van der Waals surface area contributed by atoms with Crippen LogP contribution in [-0.4, -0.2) is 20.4 Å². The van der Waals surface area contributed by atoms with Crippen molar-refractivity contribution in [1.82, 2.24) is 0 Å². The molecule has 0 heterocycles. The summed E-state index contributed by atoms with van der Waals surface area (Å²) in [6.07, 6.45) is 2.04. The number of hydrogen-bond acceptors (Lipinski definition) is 1. The molecule has 1 atom stereocenters. The highest BCUT2D eigenvalue weighted by Crippen LogP contribution is 2.30. The van der Waals surface area contributed by atoms with Gasteiger partial charge in [0.05, 0.1) is 14.2 Å². The molecule has 0 fully saturated rings. The normalized spacial score (nSPS) is 13.9. The second kappa shape index (κ2) is 4.48. The van der Waals surface area contributed by atoms with Crippen LogP contribution in [0.15, 0.2) is 4.74 Å². The van der Waals surface area contributed by atoms with Gasteiger partial charge >= 0.3 is 7.07 Å². The monoisotopic (exact) mass is 196 g/mol. The Kier molecular flexibility index (Phi) is 4.75. The standard InChI is InChI=1S/C6H16ClNPSi/c1-5-9(7)8-6-10(2,3)4/h5-6H2,1-4H3/q+1. The second-order valence-electron chi connectivity index (χ2n) is 3.51. The lowest BCUT2D eigenvalue weighted by Gasteiger charge is -2.07. The van der Waals surface area contributed by atoms with E-state index in [0.717, 1.165) is 12.3 Å². The topological polar surface area (TPSA) is 12.4 Å². The molecule has 0 amide bonds. The number of nitrogens with zero attached hydrogens (tertiary/aromatic N) is 1. The van der Waals surface area contributed by atoms with Crippen molar-refractivity contribution < 1.29 is 0 Å². The van der Waals surface area contributed by atoms with Gasteiger partial charge in [-0.05, 0) is 6.92 Å². The van der Waals surface area contributed by atoms with E-state index in [-0.39, 0.29) is 0 Å². The largest absolute Gasteiger partial charge is 0.315 e. The maximum Gasteiger partial charge on any atom is 0.315 e. The summed E-state index contributed by atoms with van der Waals surface area (Å²) in [4.78, 5) is 0. The van der Waals surface area contributed by atoms with Crippen LogP contribution in [0.4, 0.5) is 0 Å². The van der Waals surface area contributed by atoms with Crippen LogP contribution in [-0.2, 0) is 0 Å². The zero-order valence-electron chi connectivity index (χ0n) is 7.19. The second-order valence-corrected chi connectivity index (χ2v) is 11.7. The molecule has 0 aromatic rings. The quantitative estimate of drug-likeness (QED) is 0.482. The van der Waals surface area contributed by atoms with E-state index in [1.807, 2.05) is 0 Å².